The highest BCUT2D eigenvalue weighted by atomic mass is 16.7. The Morgan fingerprint density at radius 1 is 0.596 bits per heavy atom. The largest absolute Gasteiger partial charge is 0.457 e. The molecule has 9 heteroatoms. The first-order chi connectivity index (χ1) is 25.4. The summed E-state index contributed by atoms with van der Waals surface area (Å²) in [7, 11) is 0. The molecule has 52 heavy (non-hydrogen) atoms. The molecule has 9 nitrogen and oxygen atoms in total. The van der Waals surface area contributed by atoms with Crippen LogP contribution >= 0.6 is 0 Å². The average Bonchev–Trinajstić information content (AvgIpc) is 3.14. The zero-order valence-corrected chi connectivity index (χ0v) is 33.3. The van der Waals surface area contributed by atoms with Crippen molar-refractivity contribution in [2.45, 2.75) is 218 Å². The number of hydrogen-bond acceptors (Lipinski definition) is 9. The molecule has 0 aromatic heterocycles. The highest BCUT2D eigenvalue weighted by molar-refractivity contribution is 5.69. The summed E-state index contributed by atoms with van der Waals surface area (Å²) in [5, 5.41) is 40.0. The lowest BCUT2D eigenvalue weighted by Crippen LogP contribution is -2.59. The molecule has 0 aromatic carbocycles. The van der Waals surface area contributed by atoms with Crippen molar-refractivity contribution >= 4 is 5.97 Å². The molecule has 1 heterocycles. The summed E-state index contributed by atoms with van der Waals surface area (Å²) < 4.78 is 22.8. The first kappa shape index (κ1) is 48.7. The Morgan fingerprint density at radius 3 is 1.56 bits per heavy atom. The molecule has 0 bridgehead atoms. The van der Waals surface area contributed by atoms with Crippen molar-refractivity contribution in [1.82, 2.24) is 0 Å². The van der Waals surface area contributed by atoms with E-state index in [1.54, 1.807) is 0 Å². The molecule has 6 atom stereocenters. The average molecular weight is 741 g/mol. The van der Waals surface area contributed by atoms with Gasteiger partial charge in [-0.2, -0.15) is 0 Å². The second-order valence-electron chi connectivity index (χ2n) is 14.8. The van der Waals surface area contributed by atoms with E-state index in [1.165, 1.54) is 116 Å². The summed E-state index contributed by atoms with van der Waals surface area (Å²) in [6.07, 6.45) is 32.0. The first-order valence-electron chi connectivity index (χ1n) is 21.4. The van der Waals surface area contributed by atoms with E-state index in [0.717, 1.165) is 44.9 Å². The highest BCUT2D eigenvalue weighted by Crippen LogP contribution is 2.22. The molecular formula is C43H80O9. The summed E-state index contributed by atoms with van der Waals surface area (Å²) in [5.41, 5.74) is 0. The molecule has 1 rings (SSSR count). The molecule has 6 unspecified atom stereocenters. The normalized spacial score (nSPS) is 21.4. The number of unbranched alkanes of at least 4 members (excludes halogenated alkanes) is 21. The first-order valence-corrected chi connectivity index (χ1v) is 21.4. The number of aliphatic hydroxyl groups excluding tert-OH is 4. The van der Waals surface area contributed by atoms with E-state index >= 15 is 0 Å². The fourth-order valence-corrected chi connectivity index (χ4v) is 6.42. The van der Waals surface area contributed by atoms with E-state index in [1.807, 2.05) is 0 Å². The van der Waals surface area contributed by atoms with Crippen LogP contribution in [0.3, 0.4) is 0 Å². The van der Waals surface area contributed by atoms with Crippen LogP contribution in [-0.4, -0.2) is 89.6 Å². The quantitative estimate of drug-likeness (QED) is 0.0282. The number of aliphatic hydroxyl groups is 4. The van der Waals surface area contributed by atoms with E-state index in [2.05, 4.69) is 38.2 Å². The number of allylic oxidation sites excluding steroid dienone is 4. The maximum atomic E-state index is 12.7. The molecule has 0 aromatic rings. The number of carbonyl (C=O) groups is 1. The molecule has 0 aliphatic carbocycles. The molecule has 1 aliphatic heterocycles. The number of carbonyl (C=O) groups excluding carboxylic acids is 1. The van der Waals surface area contributed by atoms with Crippen LogP contribution < -0.4 is 0 Å². The zero-order valence-electron chi connectivity index (χ0n) is 33.3. The fraction of sp³-hybridized carbons (Fsp3) is 0.884. The predicted molar refractivity (Wildman–Crippen MR) is 210 cm³/mol. The number of ether oxygens (including phenoxy) is 4. The van der Waals surface area contributed by atoms with Gasteiger partial charge in [-0.25, -0.2) is 0 Å². The van der Waals surface area contributed by atoms with Crippen LogP contribution in [0.4, 0.5) is 0 Å². The standard InChI is InChI=1S/C43H80O9/c1-3-5-7-9-11-13-15-17-19-21-23-25-27-29-31-33-49-35-37(36-50-43-42(48)41(47)40(46)38(34-44)52-43)51-39(45)32-30-28-26-24-22-20-18-16-14-12-10-8-6-4-2/h15-18,37-38,40-44,46-48H,3-14,19-36H2,1-2H3/b17-15-,18-16-. The van der Waals surface area contributed by atoms with Crippen LogP contribution in [0.2, 0.25) is 0 Å². The van der Waals surface area contributed by atoms with E-state index in [9.17, 15) is 25.2 Å². The van der Waals surface area contributed by atoms with Crippen molar-refractivity contribution < 1.29 is 44.2 Å². The van der Waals surface area contributed by atoms with Crippen LogP contribution in [0.1, 0.15) is 181 Å². The molecule has 0 radical (unpaired) electrons. The summed E-state index contributed by atoms with van der Waals surface area (Å²) in [6.45, 7) is 4.52. The van der Waals surface area contributed by atoms with Gasteiger partial charge < -0.3 is 39.4 Å². The molecule has 306 valence electrons. The molecular weight excluding hydrogens is 660 g/mol. The van der Waals surface area contributed by atoms with Gasteiger partial charge in [0, 0.05) is 13.0 Å². The maximum Gasteiger partial charge on any atom is 0.306 e. The molecule has 1 saturated heterocycles. The van der Waals surface area contributed by atoms with Crippen LogP contribution in [-0.2, 0) is 23.7 Å². The number of hydrogen-bond donors (Lipinski definition) is 4. The predicted octanol–water partition coefficient (Wildman–Crippen LogP) is 9.03. The van der Waals surface area contributed by atoms with Gasteiger partial charge in [0.2, 0.25) is 0 Å². The van der Waals surface area contributed by atoms with Crippen LogP contribution in [0.5, 0.6) is 0 Å². The van der Waals surface area contributed by atoms with E-state index in [-0.39, 0.29) is 19.2 Å². The van der Waals surface area contributed by atoms with Crippen molar-refractivity contribution in [3.8, 4) is 0 Å². The molecule has 1 aliphatic rings. The maximum absolute atomic E-state index is 12.7. The van der Waals surface area contributed by atoms with Gasteiger partial charge in [-0.05, 0) is 64.2 Å². The lowest BCUT2D eigenvalue weighted by Gasteiger charge is -2.39. The minimum atomic E-state index is -1.54. The van der Waals surface area contributed by atoms with Crippen molar-refractivity contribution in [3.05, 3.63) is 24.3 Å². The topological polar surface area (TPSA) is 135 Å². The van der Waals surface area contributed by atoms with Gasteiger partial charge >= 0.3 is 5.97 Å². The monoisotopic (exact) mass is 741 g/mol. The molecule has 0 saturated carbocycles. The van der Waals surface area contributed by atoms with E-state index < -0.39 is 43.4 Å². The van der Waals surface area contributed by atoms with Gasteiger partial charge in [0.25, 0.3) is 0 Å². The Labute approximate surface area is 317 Å². The van der Waals surface area contributed by atoms with Gasteiger partial charge in [-0.3, -0.25) is 4.79 Å². The summed E-state index contributed by atoms with van der Waals surface area (Å²) >= 11 is 0. The summed E-state index contributed by atoms with van der Waals surface area (Å²) in [6, 6.07) is 0. The van der Waals surface area contributed by atoms with Crippen LogP contribution in [0, 0.1) is 0 Å². The van der Waals surface area contributed by atoms with Crippen molar-refractivity contribution in [1.29, 1.82) is 0 Å². The molecule has 0 spiro atoms. The van der Waals surface area contributed by atoms with Crippen molar-refractivity contribution in [3.63, 3.8) is 0 Å². The van der Waals surface area contributed by atoms with Gasteiger partial charge in [0.05, 0.1) is 19.8 Å². The third-order valence-electron chi connectivity index (χ3n) is 9.84. The minimum Gasteiger partial charge on any atom is -0.457 e. The minimum absolute atomic E-state index is 0.117. The van der Waals surface area contributed by atoms with Crippen LogP contribution in [0.15, 0.2) is 24.3 Å². The van der Waals surface area contributed by atoms with E-state index in [0.29, 0.717) is 13.0 Å². The smallest absolute Gasteiger partial charge is 0.306 e. The Kier molecular flexibility index (Phi) is 33.1. The lowest BCUT2D eigenvalue weighted by atomic mass is 9.99. The summed E-state index contributed by atoms with van der Waals surface area (Å²) in [4.78, 5) is 12.7. The SMILES string of the molecule is CCCCCCC/C=C\CCCCCCCCOCC(COC1OC(CO)C(O)C(O)C1O)OC(=O)CCCCCCC/C=C\CCCCCCC. The third kappa shape index (κ3) is 26.4. The Balaban J connectivity index is 2.30. The van der Waals surface area contributed by atoms with E-state index in [4.69, 9.17) is 18.9 Å². The Hall–Kier alpha value is -1.33. The fourth-order valence-electron chi connectivity index (χ4n) is 6.42. The number of esters is 1. The molecule has 0 amide bonds. The van der Waals surface area contributed by atoms with Gasteiger partial charge in [-0.1, -0.05) is 134 Å². The zero-order chi connectivity index (χ0) is 37.9. The third-order valence-corrected chi connectivity index (χ3v) is 9.84. The molecule has 4 N–H and O–H groups in total. The van der Waals surface area contributed by atoms with Crippen molar-refractivity contribution in [2.75, 3.05) is 26.4 Å². The molecule has 1 fully saturated rings. The lowest BCUT2D eigenvalue weighted by molar-refractivity contribution is -0.305. The second kappa shape index (κ2) is 35.4. The van der Waals surface area contributed by atoms with Gasteiger partial charge in [0.1, 0.15) is 30.5 Å². The second-order valence-corrected chi connectivity index (χ2v) is 14.8. The Morgan fingerprint density at radius 2 is 1.06 bits per heavy atom. The van der Waals surface area contributed by atoms with Gasteiger partial charge in [-0.15, -0.1) is 0 Å². The Bertz CT molecular complexity index is 848. The highest BCUT2D eigenvalue weighted by Gasteiger charge is 2.44. The van der Waals surface area contributed by atoms with Gasteiger partial charge in [0.15, 0.2) is 6.29 Å². The van der Waals surface area contributed by atoms with Crippen LogP contribution in [0.25, 0.3) is 0 Å². The summed E-state index contributed by atoms with van der Waals surface area (Å²) in [5.74, 6) is -0.324. The number of rotatable bonds is 36. The van der Waals surface area contributed by atoms with Crippen molar-refractivity contribution in [2.24, 2.45) is 0 Å².